The van der Waals surface area contributed by atoms with Gasteiger partial charge >= 0.3 is 12.3 Å². The number of thiazole rings is 1. The van der Waals surface area contributed by atoms with Crippen LogP contribution in [0.5, 0.6) is 11.5 Å². The molecule has 1 aliphatic rings. The molecule has 3 rings (SSSR count). The highest BCUT2D eigenvalue weighted by Crippen LogP contribution is 2.41. The second-order valence-electron chi connectivity index (χ2n) is 6.79. The molecule has 0 fully saturated rings. The van der Waals surface area contributed by atoms with Gasteiger partial charge in [-0.1, -0.05) is 13.8 Å². The summed E-state index contributed by atoms with van der Waals surface area (Å²) in [6, 6.07) is 4.11. The molecule has 0 spiro atoms. The molecule has 1 aromatic carbocycles. The fraction of sp³-hybridized carbons (Fsp3) is 0.444. The van der Waals surface area contributed by atoms with Crippen LogP contribution in [0.3, 0.4) is 0 Å². The minimum atomic E-state index is -3.67. The van der Waals surface area contributed by atoms with E-state index in [1.807, 2.05) is 6.92 Å². The number of aromatic nitrogens is 1. The van der Waals surface area contributed by atoms with Gasteiger partial charge in [0.05, 0.1) is 5.69 Å². The number of benzene rings is 1. The van der Waals surface area contributed by atoms with Crippen LogP contribution in [0.1, 0.15) is 25.1 Å². The molecule has 2 heterocycles. The van der Waals surface area contributed by atoms with Gasteiger partial charge in [0.2, 0.25) is 0 Å². The Morgan fingerprint density at radius 1 is 1.33 bits per heavy atom. The standard InChI is InChI=1S/C18H21F2N3O3S/c1-11(2)7-8-22(4)16(24)21-17-23(10-12(3)27-17)13-5-6-14-15(9-13)26-18(19,20)25-14/h5-6,9-11H,7-8H2,1-4H3/b21-17-. The highest BCUT2D eigenvalue weighted by atomic mass is 32.1. The molecule has 6 nitrogen and oxygen atoms in total. The molecule has 0 unspecified atom stereocenters. The minimum Gasteiger partial charge on any atom is -0.395 e. The number of carbonyl (C=O) groups is 1. The molecule has 2 aromatic rings. The third-order valence-corrected chi connectivity index (χ3v) is 4.89. The van der Waals surface area contributed by atoms with Crippen molar-refractivity contribution in [1.29, 1.82) is 0 Å². The van der Waals surface area contributed by atoms with Gasteiger partial charge in [0.25, 0.3) is 0 Å². The van der Waals surface area contributed by atoms with Crippen molar-refractivity contribution >= 4 is 17.4 Å². The Labute approximate surface area is 159 Å². The highest BCUT2D eigenvalue weighted by Gasteiger charge is 2.43. The number of aryl methyl sites for hydroxylation is 1. The predicted octanol–water partition coefficient (Wildman–Crippen LogP) is 4.17. The Morgan fingerprint density at radius 2 is 2.04 bits per heavy atom. The molecule has 0 N–H and O–H groups in total. The van der Waals surface area contributed by atoms with Gasteiger partial charge < -0.3 is 14.4 Å². The van der Waals surface area contributed by atoms with Crippen molar-refractivity contribution in [2.45, 2.75) is 33.5 Å². The summed E-state index contributed by atoms with van der Waals surface area (Å²) < 4.78 is 37.1. The molecule has 0 saturated heterocycles. The van der Waals surface area contributed by atoms with Gasteiger partial charge in [0, 0.05) is 30.7 Å². The van der Waals surface area contributed by atoms with Crippen molar-refractivity contribution in [1.82, 2.24) is 9.47 Å². The molecule has 2 amide bonds. The fourth-order valence-corrected chi connectivity index (χ4v) is 3.35. The number of fused-ring (bicyclic) bond motifs is 1. The summed E-state index contributed by atoms with van der Waals surface area (Å²) in [6.45, 7) is 6.68. The van der Waals surface area contributed by atoms with E-state index in [0.29, 0.717) is 23.0 Å². The Balaban J connectivity index is 1.90. The van der Waals surface area contributed by atoms with Gasteiger partial charge in [-0.25, -0.2) is 4.79 Å². The molecule has 0 saturated carbocycles. The second kappa shape index (κ2) is 7.30. The summed E-state index contributed by atoms with van der Waals surface area (Å²) in [5.41, 5.74) is 0.552. The first kappa shape index (κ1) is 19.3. The normalized spacial score (nSPS) is 15.4. The number of carbonyl (C=O) groups excluding carboxylic acids is 1. The van der Waals surface area contributed by atoms with Gasteiger partial charge in [-0.05, 0) is 31.4 Å². The van der Waals surface area contributed by atoms with E-state index >= 15 is 0 Å². The predicted molar refractivity (Wildman–Crippen MR) is 97.6 cm³/mol. The van der Waals surface area contributed by atoms with Gasteiger partial charge in [-0.3, -0.25) is 4.57 Å². The zero-order valence-electron chi connectivity index (χ0n) is 15.5. The quantitative estimate of drug-likeness (QED) is 0.778. The largest absolute Gasteiger partial charge is 0.586 e. The first-order chi connectivity index (χ1) is 12.6. The van der Waals surface area contributed by atoms with Crippen molar-refractivity contribution < 1.29 is 23.0 Å². The van der Waals surface area contributed by atoms with E-state index in [1.54, 1.807) is 28.8 Å². The van der Waals surface area contributed by atoms with E-state index in [1.165, 1.54) is 23.5 Å². The maximum absolute atomic E-state index is 13.2. The van der Waals surface area contributed by atoms with Crippen LogP contribution in [0, 0.1) is 12.8 Å². The van der Waals surface area contributed by atoms with Crippen LogP contribution in [0.4, 0.5) is 13.6 Å². The Bertz CT molecular complexity index is 921. The van der Waals surface area contributed by atoms with Crippen LogP contribution in [-0.4, -0.2) is 35.4 Å². The molecule has 0 radical (unpaired) electrons. The topological polar surface area (TPSA) is 56.1 Å². The number of halogens is 2. The number of alkyl halides is 2. The Morgan fingerprint density at radius 3 is 2.74 bits per heavy atom. The van der Waals surface area contributed by atoms with Gasteiger partial charge in [-0.15, -0.1) is 20.1 Å². The van der Waals surface area contributed by atoms with Crippen molar-refractivity contribution in [2.75, 3.05) is 13.6 Å². The van der Waals surface area contributed by atoms with Crippen molar-refractivity contribution in [2.24, 2.45) is 10.9 Å². The molecule has 1 aromatic heterocycles. The average Bonchev–Trinajstić information content (AvgIpc) is 3.09. The summed E-state index contributed by atoms with van der Waals surface area (Å²) in [6.07, 6.45) is -0.989. The van der Waals surface area contributed by atoms with E-state index in [0.717, 1.165) is 11.3 Å². The Kier molecular flexibility index (Phi) is 5.23. The number of rotatable bonds is 4. The van der Waals surface area contributed by atoms with Crippen LogP contribution in [0.15, 0.2) is 29.4 Å². The molecule has 9 heteroatoms. The average molecular weight is 397 g/mol. The van der Waals surface area contributed by atoms with Gasteiger partial charge in [0.1, 0.15) is 0 Å². The van der Waals surface area contributed by atoms with E-state index in [-0.39, 0.29) is 17.5 Å². The first-order valence-electron chi connectivity index (χ1n) is 8.54. The van der Waals surface area contributed by atoms with Crippen LogP contribution >= 0.6 is 11.3 Å². The van der Waals surface area contributed by atoms with Crippen LogP contribution in [0.25, 0.3) is 5.69 Å². The smallest absolute Gasteiger partial charge is 0.395 e. The monoisotopic (exact) mass is 397 g/mol. The second-order valence-corrected chi connectivity index (χ2v) is 8.00. The molecular formula is C18H21F2N3O3S. The number of nitrogens with zero attached hydrogens (tertiary/aromatic N) is 3. The lowest BCUT2D eigenvalue weighted by Crippen LogP contribution is -2.28. The SMILES string of the molecule is Cc1cn(-c2ccc3c(c2)OC(F)(F)O3)/c(=N/C(=O)N(C)CCC(C)C)s1. The summed E-state index contributed by atoms with van der Waals surface area (Å²) in [5.74, 6) is 0.403. The van der Waals surface area contributed by atoms with E-state index in [4.69, 9.17) is 0 Å². The molecule has 1 aliphatic heterocycles. The summed E-state index contributed by atoms with van der Waals surface area (Å²) >= 11 is 1.34. The number of hydrogen-bond acceptors (Lipinski definition) is 4. The fourth-order valence-electron chi connectivity index (χ4n) is 2.52. The third kappa shape index (κ3) is 4.47. The molecule has 0 aliphatic carbocycles. The number of hydrogen-bond donors (Lipinski definition) is 0. The summed E-state index contributed by atoms with van der Waals surface area (Å²) in [5, 5.41) is 0. The number of ether oxygens (including phenoxy) is 2. The van der Waals surface area contributed by atoms with Crippen LogP contribution in [-0.2, 0) is 0 Å². The highest BCUT2D eigenvalue weighted by molar-refractivity contribution is 7.09. The molecule has 0 atom stereocenters. The number of urea groups is 1. The molecule has 146 valence electrons. The summed E-state index contributed by atoms with van der Waals surface area (Å²) in [4.78, 5) is 19.6. The molecule has 0 bridgehead atoms. The van der Waals surface area contributed by atoms with Gasteiger partial charge in [0.15, 0.2) is 16.3 Å². The first-order valence-corrected chi connectivity index (χ1v) is 9.35. The third-order valence-electron chi connectivity index (χ3n) is 3.99. The lowest BCUT2D eigenvalue weighted by molar-refractivity contribution is -0.286. The van der Waals surface area contributed by atoms with E-state index in [9.17, 15) is 13.6 Å². The van der Waals surface area contributed by atoms with Crippen molar-refractivity contribution in [3.05, 3.63) is 34.1 Å². The molecule has 27 heavy (non-hydrogen) atoms. The summed E-state index contributed by atoms with van der Waals surface area (Å²) in [7, 11) is 1.71. The van der Waals surface area contributed by atoms with E-state index in [2.05, 4.69) is 28.3 Å². The van der Waals surface area contributed by atoms with Gasteiger partial charge in [-0.2, -0.15) is 4.99 Å². The van der Waals surface area contributed by atoms with Crippen molar-refractivity contribution in [3.8, 4) is 17.2 Å². The number of amides is 2. The lowest BCUT2D eigenvalue weighted by Gasteiger charge is -2.15. The minimum absolute atomic E-state index is 0.0284. The maximum atomic E-state index is 13.2. The van der Waals surface area contributed by atoms with Crippen LogP contribution in [0.2, 0.25) is 0 Å². The lowest BCUT2D eigenvalue weighted by atomic mass is 10.1. The maximum Gasteiger partial charge on any atom is 0.586 e. The van der Waals surface area contributed by atoms with Crippen molar-refractivity contribution in [3.63, 3.8) is 0 Å². The molecular weight excluding hydrogens is 376 g/mol. The zero-order valence-corrected chi connectivity index (χ0v) is 16.3. The Hall–Kier alpha value is -2.42. The van der Waals surface area contributed by atoms with Crippen LogP contribution < -0.4 is 14.3 Å². The van der Waals surface area contributed by atoms with E-state index < -0.39 is 6.29 Å². The zero-order chi connectivity index (χ0) is 19.8.